The van der Waals surface area contributed by atoms with Gasteiger partial charge in [0.15, 0.2) is 0 Å². The predicted molar refractivity (Wildman–Crippen MR) is 148 cm³/mol. The van der Waals surface area contributed by atoms with Crippen LogP contribution in [0.4, 0.5) is 0 Å². The molecule has 41 heavy (non-hydrogen) atoms. The maximum absolute atomic E-state index is 14.5. The van der Waals surface area contributed by atoms with Gasteiger partial charge in [-0.1, -0.05) is 48.6 Å². The van der Waals surface area contributed by atoms with Gasteiger partial charge in [0.1, 0.15) is 35.3 Å². The molecule has 1 spiro atoms. The zero-order valence-corrected chi connectivity index (χ0v) is 23.4. The van der Waals surface area contributed by atoms with Crippen LogP contribution in [-0.2, 0) is 30.5 Å². The number of likely N-dealkylation sites (tertiary alicyclic amines) is 1. The lowest BCUT2D eigenvalue weighted by Crippen LogP contribution is -2.56. The molecule has 4 aliphatic heterocycles. The van der Waals surface area contributed by atoms with Gasteiger partial charge in [0.05, 0.1) is 18.0 Å². The lowest BCUT2D eigenvalue weighted by atomic mass is 9.73. The monoisotopic (exact) mass is 563 g/mol. The summed E-state index contributed by atoms with van der Waals surface area (Å²) in [6.07, 6.45) is 11.6. The second-order valence-electron chi connectivity index (χ2n) is 11.3. The summed E-state index contributed by atoms with van der Waals surface area (Å²) in [7, 11) is 0. The third-order valence-electron chi connectivity index (χ3n) is 9.00. The first-order chi connectivity index (χ1) is 20.0. The lowest BCUT2D eigenvalue weighted by Gasteiger charge is -2.38. The van der Waals surface area contributed by atoms with Crippen LogP contribution in [0, 0.1) is 11.8 Å². The summed E-state index contributed by atoms with van der Waals surface area (Å²) < 4.78 is 14.4. The lowest BCUT2D eigenvalue weighted by molar-refractivity contribution is -0.161. The van der Waals surface area contributed by atoms with E-state index in [1.165, 1.54) is 0 Å². The second kappa shape index (κ2) is 11.0. The van der Waals surface area contributed by atoms with Gasteiger partial charge in [-0.05, 0) is 50.7 Å². The molecule has 0 aliphatic carbocycles. The van der Waals surface area contributed by atoms with E-state index in [9.17, 15) is 19.5 Å². The number of hydrogen-bond acceptors (Lipinski definition) is 8. The number of carbonyl (C=O) groups excluding carboxylic acids is 3. The van der Waals surface area contributed by atoms with Gasteiger partial charge in [-0.2, -0.15) is 0 Å². The molecule has 1 N–H and O–H groups in total. The number of hydrogen-bond donors (Lipinski definition) is 1. The van der Waals surface area contributed by atoms with Gasteiger partial charge >= 0.3 is 5.97 Å². The van der Waals surface area contributed by atoms with Gasteiger partial charge in [0.25, 0.3) is 5.91 Å². The first-order valence-electron chi connectivity index (χ1n) is 14.7. The molecular weight excluding hydrogens is 526 g/mol. The van der Waals surface area contributed by atoms with Crippen LogP contribution < -0.4 is 0 Å². The van der Waals surface area contributed by atoms with Crippen molar-refractivity contribution in [1.82, 2.24) is 24.8 Å². The van der Waals surface area contributed by atoms with Gasteiger partial charge in [0.2, 0.25) is 5.91 Å². The second-order valence-corrected chi connectivity index (χ2v) is 11.3. The van der Waals surface area contributed by atoms with Crippen molar-refractivity contribution in [3.63, 3.8) is 0 Å². The van der Waals surface area contributed by atoms with Crippen LogP contribution in [0.2, 0.25) is 0 Å². The highest BCUT2D eigenvalue weighted by Crippen LogP contribution is 2.58. The summed E-state index contributed by atoms with van der Waals surface area (Å²) in [6.45, 7) is 2.90. The van der Waals surface area contributed by atoms with Crippen molar-refractivity contribution >= 4 is 28.8 Å². The highest BCUT2D eigenvalue weighted by molar-refractivity contribution is 5.99. The van der Waals surface area contributed by atoms with E-state index in [1.54, 1.807) is 14.5 Å². The van der Waals surface area contributed by atoms with Crippen molar-refractivity contribution in [2.45, 2.75) is 69.4 Å². The summed E-state index contributed by atoms with van der Waals surface area (Å²) in [5, 5.41) is 17.9. The molecule has 5 atom stereocenters. The van der Waals surface area contributed by atoms with Crippen LogP contribution >= 0.6 is 0 Å². The standard InChI is InChI=1S/C30H37N5O6/c1-2-29-14-7-3-4-10-19-40-28(39)24(29)23-26(37)34(17-8-9-18-36)25-27(38)33(16-11-15-30(23,25)41-29)20-35-22-13-6-5-12-21(22)31-32-35/h5-7,11-15,23-25,36H,2-4,8-10,16-20H2,1H3/b14-7-/t23-,24-,25?,29+,30-/m0/s1. The van der Waals surface area contributed by atoms with E-state index in [2.05, 4.69) is 10.3 Å². The summed E-state index contributed by atoms with van der Waals surface area (Å²) in [5.41, 5.74) is -0.901. The Morgan fingerprint density at radius 1 is 1.05 bits per heavy atom. The van der Waals surface area contributed by atoms with Gasteiger partial charge in [0, 0.05) is 19.7 Å². The zero-order valence-electron chi connectivity index (χ0n) is 23.4. The molecule has 11 heteroatoms. The third-order valence-corrected chi connectivity index (χ3v) is 9.00. The van der Waals surface area contributed by atoms with Gasteiger partial charge in [-0.3, -0.25) is 14.4 Å². The number of aliphatic hydroxyl groups is 1. The Balaban J connectivity index is 1.42. The molecule has 1 aromatic carbocycles. The Labute approximate surface area is 238 Å². The van der Waals surface area contributed by atoms with Crippen LogP contribution in [0.25, 0.3) is 11.0 Å². The Kier molecular flexibility index (Phi) is 7.41. The number of unbranched alkanes of at least 4 members (excludes halogenated alkanes) is 1. The molecule has 4 aliphatic rings. The van der Waals surface area contributed by atoms with Crippen molar-refractivity contribution in [3.05, 3.63) is 48.6 Å². The molecule has 1 unspecified atom stereocenters. The number of aliphatic hydroxyl groups excluding tert-OH is 1. The number of allylic oxidation sites excluding steroid dienone is 1. The molecular formula is C30H37N5O6. The molecule has 6 rings (SSSR count). The number of ether oxygens (including phenoxy) is 2. The summed E-state index contributed by atoms with van der Waals surface area (Å²) in [4.78, 5) is 45.8. The minimum absolute atomic E-state index is 0.0180. The fraction of sp³-hybridized carbons (Fsp3) is 0.567. The molecule has 2 amide bonds. The first-order valence-corrected chi connectivity index (χ1v) is 14.7. The molecule has 2 fully saturated rings. The molecule has 5 heterocycles. The topological polar surface area (TPSA) is 127 Å². The quantitative estimate of drug-likeness (QED) is 0.309. The number of carbonyl (C=O) groups is 3. The van der Waals surface area contributed by atoms with Crippen LogP contribution in [0.1, 0.15) is 45.4 Å². The molecule has 2 aromatic rings. The van der Waals surface area contributed by atoms with E-state index in [0.717, 1.165) is 30.3 Å². The fourth-order valence-corrected chi connectivity index (χ4v) is 7.03. The maximum Gasteiger partial charge on any atom is 0.313 e. The number of nitrogens with zero attached hydrogens (tertiary/aromatic N) is 5. The smallest absolute Gasteiger partial charge is 0.313 e. The average molecular weight is 564 g/mol. The number of esters is 1. The SMILES string of the molecule is CC[C@@]12/C=C\CCCCOC(=O)[C@@H]1[C@H]1C(=O)N(CCCCO)C3C(=O)N(Cn4nnc5ccccc54)CC=C[C@@]31O2. The summed E-state index contributed by atoms with van der Waals surface area (Å²) in [5.74, 6) is -2.82. The Hall–Kier alpha value is -3.57. The highest BCUT2D eigenvalue weighted by Gasteiger charge is 2.75. The van der Waals surface area contributed by atoms with E-state index >= 15 is 0 Å². The van der Waals surface area contributed by atoms with Crippen LogP contribution in [-0.4, -0.2) is 91.2 Å². The minimum Gasteiger partial charge on any atom is -0.465 e. The highest BCUT2D eigenvalue weighted by atomic mass is 16.6. The number of rotatable bonds is 7. The molecule has 0 saturated carbocycles. The average Bonchev–Trinajstić information content (AvgIpc) is 3.55. The van der Waals surface area contributed by atoms with E-state index in [-0.39, 0.29) is 44.8 Å². The summed E-state index contributed by atoms with van der Waals surface area (Å²) in [6, 6.07) is 6.56. The van der Waals surface area contributed by atoms with Crippen molar-refractivity contribution in [1.29, 1.82) is 0 Å². The van der Waals surface area contributed by atoms with Crippen molar-refractivity contribution in [2.75, 3.05) is 26.3 Å². The zero-order chi connectivity index (χ0) is 28.6. The number of benzene rings is 1. The Morgan fingerprint density at radius 3 is 2.73 bits per heavy atom. The van der Waals surface area contributed by atoms with Crippen LogP contribution in [0.15, 0.2) is 48.6 Å². The van der Waals surface area contributed by atoms with Crippen LogP contribution in [0.5, 0.6) is 0 Å². The van der Waals surface area contributed by atoms with E-state index in [1.807, 2.05) is 55.5 Å². The summed E-state index contributed by atoms with van der Waals surface area (Å²) >= 11 is 0. The van der Waals surface area contributed by atoms with Crippen LogP contribution in [0.3, 0.4) is 0 Å². The van der Waals surface area contributed by atoms with Crippen molar-refractivity contribution in [3.8, 4) is 0 Å². The van der Waals surface area contributed by atoms with E-state index in [4.69, 9.17) is 9.47 Å². The number of para-hydroxylation sites is 1. The molecule has 0 radical (unpaired) electrons. The van der Waals surface area contributed by atoms with E-state index < -0.39 is 35.0 Å². The maximum atomic E-state index is 14.5. The Bertz CT molecular complexity index is 1390. The molecule has 2 saturated heterocycles. The van der Waals surface area contributed by atoms with Gasteiger partial charge in [-0.25, -0.2) is 4.68 Å². The van der Waals surface area contributed by atoms with Gasteiger partial charge in [-0.15, -0.1) is 5.10 Å². The number of aromatic nitrogens is 3. The van der Waals surface area contributed by atoms with Crippen molar-refractivity contribution < 1.29 is 29.0 Å². The molecule has 11 nitrogen and oxygen atoms in total. The number of amides is 2. The predicted octanol–water partition coefficient (Wildman–Crippen LogP) is 2.20. The molecule has 218 valence electrons. The number of fused-ring (bicyclic) bond motifs is 3. The minimum atomic E-state index is -1.34. The largest absolute Gasteiger partial charge is 0.465 e. The third kappa shape index (κ3) is 4.46. The van der Waals surface area contributed by atoms with Crippen molar-refractivity contribution in [2.24, 2.45) is 11.8 Å². The normalized spacial score (nSPS) is 32.4. The van der Waals surface area contributed by atoms with Gasteiger partial charge < -0.3 is 24.4 Å². The van der Waals surface area contributed by atoms with E-state index in [0.29, 0.717) is 19.3 Å². The number of cyclic esters (lactones) is 1. The Morgan fingerprint density at radius 2 is 1.90 bits per heavy atom. The molecule has 1 aromatic heterocycles. The fourth-order valence-electron chi connectivity index (χ4n) is 7.03. The molecule has 0 bridgehead atoms. The first kappa shape index (κ1) is 27.6.